The fraction of sp³-hybridized carbons (Fsp3) is 0.900. The van der Waals surface area contributed by atoms with Crippen LogP contribution in [0.1, 0.15) is 34.1 Å². The molecule has 4 nitrogen and oxygen atoms in total. The van der Waals surface area contributed by atoms with Gasteiger partial charge in [-0.2, -0.15) is 0 Å². The molecule has 0 spiro atoms. The minimum absolute atomic E-state index is 0.233. The predicted octanol–water partition coefficient (Wildman–Crippen LogP) is 1.51. The number of hydrogen-bond donors (Lipinski definition) is 1. The van der Waals surface area contributed by atoms with Crippen molar-refractivity contribution in [2.24, 2.45) is 5.92 Å². The van der Waals surface area contributed by atoms with E-state index in [0.29, 0.717) is 18.9 Å². The Bertz CT molecular complexity index is 176. The smallest absolute Gasteiger partial charge is 0.275 e. The molecular weight excluding hydrogens is 182 g/mol. The Morgan fingerprint density at radius 3 is 2.43 bits per heavy atom. The second kappa shape index (κ2) is 5.98. The fourth-order valence-electron chi connectivity index (χ4n) is 0.779. The van der Waals surface area contributed by atoms with E-state index in [1.807, 2.05) is 20.8 Å². The molecule has 0 heterocycles. The number of ether oxygens (including phenoxy) is 1. The van der Waals surface area contributed by atoms with Crippen LogP contribution in [0.2, 0.25) is 0 Å². The van der Waals surface area contributed by atoms with Crippen molar-refractivity contribution in [3.05, 3.63) is 0 Å². The number of carbonyl (C=O) groups is 1. The van der Waals surface area contributed by atoms with Crippen LogP contribution in [0.4, 0.5) is 0 Å². The molecule has 0 aromatic heterocycles. The van der Waals surface area contributed by atoms with Crippen LogP contribution in [0.25, 0.3) is 0 Å². The maximum absolute atomic E-state index is 11.5. The molecule has 84 valence electrons. The van der Waals surface area contributed by atoms with Crippen LogP contribution in [-0.2, 0) is 14.4 Å². The molecule has 1 unspecified atom stereocenters. The van der Waals surface area contributed by atoms with Crippen molar-refractivity contribution in [1.82, 2.24) is 5.48 Å². The quantitative estimate of drug-likeness (QED) is 0.665. The lowest BCUT2D eigenvalue weighted by Crippen LogP contribution is -2.45. The van der Waals surface area contributed by atoms with E-state index in [9.17, 15) is 4.79 Å². The van der Waals surface area contributed by atoms with Gasteiger partial charge in [0.1, 0.15) is 5.60 Å². The molecule has 0 aliphatic rings. The molecular formula is C10H21NO3. The molecule has 0 fully saturated rings. The normalized spacial score (nSPS) is 15.3. The number of amides is 1. The second-order valence-corrected chi connectivity index (χ2v) is 3.92. The van der Waals surface area contributed by atoms with Gasteiger partial charge in [0, 0.05) is 7.11 Å². The highest BCUT2D eigenvalue weighted by Gasteiger charge is 2.31. The number of rotatable bonds is 6. The van der Waals surface area contributed by atoms with Crippen molar-refractivity contribution in [2.45, 2.75) is 39.7 Å². The first-order chi connectivity index (χ1) is 6.46. The number of hydrogen-bond acceptors (Lipinski definition) is 3. The summed E-state index contributed by atoms with van der Waals surface area (Å²) in [4.78, 5) is 16.6. The average molecular weight is 203 g/mol. The third kappa shape index (κ3) is 4.07. The summed E-state index contributed by atoms with van der Waals surface area (Å²) in [5.74, 6) is 0.161. The standard InChI is InChI=1S/C10H21NO3/c1-6-10(4,13-5)9(12)11-14-7-8(2)3/h8H,6-7H2,1-5H3,(H,11,12). The summed E-state index contributed by atoms with van der Waals surface area (Å²) in [6.45, 7) is 8.17. The summed E-state index contributed by atoms with van der Waals surface area (Å²) < 4.78 is 5.11. The molecule has 0 aliphatic heterocycles. The van der Waals surface area contributed by atoms with E-state index < -0.39 is 5.60 Å². The van der Waals surface area contributed by atoms with Crippen LogP contribution in [0.3, 0.4) is 0 Å². The van der Waals surface area contributed by atoms with Crippen LogP contribution in [0.5, 0.6) is 0 Å². The molecule has 0 aromatic carbocycles. The summed E-state index contributed by atoms with van der Waals surface area (Å²) in [5.41, 5.74) is 1.60. The van der Waals surface area contributed by atoms with Gasteiger partial charge >= 0.3 is 0 Å². The van der Waals surface area contributed by atoms with E-state index in [1.54, 1.807) is 6.92 Å². The van der Waals surface area contributed by atoms with Gasteiger partial charge in [-0.3, -0.25) is 9.63 Å². The molecule has 0 radical (unpaired) electrons. The maximum atomic E-state index is 11.5. The van der Waals surface area contributed by atoms with E-state index in [0.717, 1.165) is 0 Å². The number of carbonyl (C=O) groups excluding carboxylic acids is 1. The Labute approximate surface area is 85.9 Å². The lowest BCUT2D eigenvalue weighted by atomic mass is 10.0. The molecule has 1 amide bonds. The van der Waals surface area contributed by atoms with Gasteiger partial charge in [-0.1, -0.05) is 20.8 Å². The highest BCUT2D eigenvalue weighted by Crippen LogP contribution is 2.13. The summed E-state index contributed by atoms with van der Waals surface area (Å²) in [5, 5.41) is 0. The molecule has 1 atom stereocenters. The van der Waals surface area contributed by atoms with Gasteiger partial charge < -0.3 is 4.74 Å². The molecule has 1 N–H and O–H groups in total. The van der Waals surface area contributed by atoms with E-state index >= 15 is 0 Å². The van der Waals surface area contributed by atoms with Crippen molar-refractivity contribution in [3.63, 3.8) is 0 Å². The summed E-state index contributed by atoms with van der Waals surface area (Å²) in [6, 6.07) is 0. The number of methoxy groups -OCH3 is 1. The first kappa shape index (κ1) is 13.4. The molecule has 14 heavy (non-hydrogen) atoms. The van der Waals surface area contributed by atoms with E-state index in [1.165, 1.54) is 7.11 Å². The van der Waals surface area contributed by atoms with E-state index in [2.05, 4.69) is 5.48 Å². The van der Waals surface area contributed by atoms with Crippen LogP contribution in [0, 0.1) is 5.92 Å². The van der Waals surface area contributed by atoms with Crippen LogP contribution in [-0.4, -0.2) is 25.2 Å². The van der Waals surface area contributed by atoms with Gasteiger partial charge in [-0.05, 0) is 19.3 Å². The summed E-state index contributed by atoms with van der Waals surface area (Å²) in [6.07, 6.45) is 0.611. The first-order valence-electron chi connectivity index (χ1n) is 4.93. The largest absolute Gasteiger partial charge is 0.369 e. The first-order valence-corrected chi connectivity index (χ1v) is 4.93. The van der Waals surface area contributed by atoms with Crippen LogP contribution >= 0.6 is 0 Å². The Morgan fingerprint density at radius 2 is 2.07 bits per heavy atom. The van der Waals surface area contributed by atoms with Gasteiger partial charge in [0.15, 0.2) is 0 Å². The monoisotopic (exact) mass is 203 g/mol. The Hall–Kier alpha value is -0.610. The van der Waals surface area contributed by atoms with E-state index in [-0.39, 0.29) is 5.91 Å². The zero-order valence-corrected chi connectivity index (χ0v) is 9.72. The molecule has 0 saturated heterocycles. The maximum Gasteiger partial charge on any atom is 0.275 e. The van der Waals surface area contributed by atoms with Crippen LogP contribution < -0.4 is 5.48 Å². The third-order valence-corrected chi connectivity index (χ3v) is 2.19. The van der Waals surface area contributed by atoms with Crippen molar-refractivity contribution in [2.75, 3.05) is 13.7 Å². The second-order valence-electron chi connectivity index (χ2n) is 3.92. The highest BCUT2D eigenvalue weighted by atomic mass is 16.7. The number of hydroxylamine groups is 1. The highest BCUT2D eigenvalue weighted by molar-refractivity contribution is 5.83. The number of nitrogens with one attached hydrogen (secondary N) is 1. The Morgan fingerprint density at radius 1 is 1.50 bits per heavy atom. The molecule has 0 aromatic rings. The van der Waals surface area contributed by atoms with Crippen molar-refractivity contribution in [3.8, 4) is 0 Å². The van der Waals surface area contributed by atoms with Crippen LogP contribution in [0.15, 0.2) is 0 Å². The van der Waals surface area contributed by atoms with Gasteiger partial charge in [0.25, 0.3) is 5.91 Å². The SMILES string of the molecule is CCC(C)(OC)C(=O)NOCC(C)C. The Kier molecular flexibility index (Phi) is 5.72. The topological polar surface area (TPSA) is 47.6 Å². The summed E-state index contributed by atoms with van der Waals surface area (Å²) in [7, 11) is 1.52. The minimum atomic E-state index is -0.795. The average Bonchev–Trinajstić information content (AvgIpc) is 2.15. The van der Waals surface area contributed by atoms with Gasteiger partial charge in [0.2, 0.25) is 0 Å². The van der Waals surface area contributed by atoms with Gasteiger partial charge in [0.05, 0.1) is 6.61 Å². The molecule has 0 bridgehead atoms. The molecule has 0 aliphatic carbocycles. The Balaban J connectivity index is 3.94. The molecule has 0 rings (SSSR count). The third-order valence-electron chi connectivity index (χ3n) is 2.19. The zero-order chi connectivity index (χ0) is 11.2. The zero-order valence-electron chi connectivity index (χ0n) is 9.72. The lowest BCUT2D eigenvalue weighted by Gasteiger charge is -2.24. The molecule has 0 saturated carbocycles. The summed E-state index contributed by atoms with van der Waals surface area (Å²) >= 11 is 0. The predicted molar refractivity (Wildman–Crippen MR) is 54.6 cm³/mol. The molecule has 4 heteroatoms. The van der Waals surface area contributed by atoms with Gasteiger partial charge in [-0.15, -0.1) is 0 Å². The van der Waals surface area contributed by atoms with Gasteiger partial charge in [-0.25, -0.2) is 5.48 Å². The van der Waals surface area contributed by atoms with Crippen molar-refractivity contribution in [1.29, 1.82) is 0 Å². The van der Waals surface area contributed by atoms with Crippen molar-refractivity contribution >= 4 is 5.91 Å². The van der Waals surface area contributed by atoms with E-state index in [4.69, 9.17) is 9.57 Å². The fourth-order valence-corrected chi connectivity index (χ4v) is 0.779. The lowest BCUT2D eigenvalue weighted by molar-refractivity contribution is -0.155. The minimum Gasteiger partial charge on any atom is -0.369 e. The van der Waals surface area contributed by atoms with Crippen molar-refractivity contribution < 1.29 is 14.4 Å².